The first-order valence-electron chi connectivity index (χ1n) is 6.29. The largest absolute Gasteiger partial charge is 0.506 e. The van der Waals surface area contributed by atoms with Crippen molar-refractivity contribution in [3.8, 4) is 0 Å². The van der Waals surface area contributed by atoms with Gasteiger partial charge in [-0.3, -0.25) is 0 Å². The number of rotatable bonds is 3. The number of esters is 1. The van der Waals surface area contributed by atoms with Crippen LogP contribution in [0.25, 0.3) is 5.76 Å². The highest BCUT2D eigenvalue weighted by Crippen LogP contribution is 2.32. The molecule has 0 bridgehead atoms. The Morgan fingerprint density at radius 2 is 2.05 bits per heavy atom. The number of nitrogens with two attached hydrogens (primary N) is 1. The van der Waals surface area contributed by atoms with E-state index in [4.69, 9.17) is 22.7 Å². The summed E-state index contributed by atoms with van der Waals surface area (Å²) in [6.45, 7) is 1.89. The van der Waals surface area contributed by atoms with Crippen molar-refractivity contribution >= 4 is 34.8 Å². The lowest BCUT2D eigenvalue weighted by Gasteiger charge is -2.13. The molecule has 0 amide bonds. The average Bonchev–Trinajstić information content (AvgIpc) is 2.72. The maximum atomic E-state index is 12.1. The predicted molar refractivity (Wildman–Crippen MR) is 83.7 cm³/mol. The Kier molecular flexibility index (Phi) is 4.23. The van der Waals surface area contributed by atoms with Crippen LogP contribution in [0.1, 0.15) is 18.1 Å². The van der Waals surface area contributed by atoms with E-state index in [1.807, 2.05) is 0 Å². The number of aliphatic hydroxyl groups excluding tert-OH is 1. The highest BCUT2D eigenvalue weighted by atomic mass is 32.1. The summed E-state index contributed by atoms with van der Waals surface area (Å²) < 4.78 is 4.98. The minimum absolute atomic E-state index is 0.0150. The van der Waals surface area contributed by atoms with Gasteiger partial charge in [-0.25, -0.2) is 9.80 Å². The van der Waals surface area contributed by atoms with Gasteiger partial charge in [-0.2, -0.15) is 5.10 Å². The molecule has 6 nitrogen and oxygen atoms in total. The van der Waals surface area contributed by atoms with Crippen molar-refractivity contribution in [3.05, 3.63) is 41.0 Å². The number of carbonyl (C=O) groups is 1. The lowest BCUT2D eigenvalue weighted by atomic mass is 10.1. The monoisotopic (exact) mass is 305 g/mol. The Hall–Kier alpha value is -2.41. The summed E-state index contributed by atoms with van der Waals surface area (Å²) in [6, 6.07) is 7.01. The molecule has 2 rings (SSSR count). The van der Waals surface area contributed by atoms with Gasteiger partial charge in [0.2, 0.25) is 0 Å². The topological polar surface area (TPSA) is 88.2 Å². The third-order valence-corrected chi connectivity index (χ3v) is 3.22. The van der Waals surface area contributed by atoms with Gasteiger partial charge in [-0.05, 0) is 19.1 Å². The number of hydrazone groups is 1. The van der Waals surface area contributed by atoms with E-state index < -0.39 is 5.97 Å². The molecule has 0 saturated heterocycles. The van der Waals surface area contributed by atoms with Gasteiger partial charge in [0.25, 0.3) is 0 Å². The van der Waals surface area contributed by atoms with E-state index >= 15 is 0 Å². The Morgan fingerprint density at radius 3 is 2.62 bits per heavy atom. The molecular formula is C14H15N3O3S. The molecule has 1 aromatic carbocycles. The van der Waals surface area contributed by atoms with E-state index in [-0.39, 0.29) is 28.8 Å². The van der Waals surface area contributed by atoms with Gasteiger partial charge in [-0.1, -0.05) is 24.3 Å². The molecule has 0 radical (unpaired) electrons. The molecular weight excluding hydrogens is 290 g/mol. The van der Waals surface area contributed by atoms with Gasteiger partial charge in [0.15, 0.2) is 5.11 Å². The van der Waals surface area contributed by atoms with E-state index in [0.29, 0.717) is 11.1 Å². The van der Waals surface area contributed by atoms with Crippen LogP contribution in [-0.2, 0) is 9.53 Å². The van der Waals surface area contributed by atoms with E-state index in [1.165, 1.54) is 5.01 Å². The summed E-state index contributed by atoms with van der Waals surface area (Å²) in [5.41, 5.74) is 6.96. The van der Waals surface area contributed by atoms with Crippen molar-refractivity contribution in [2.45, 2.75) is 6.92 Å². The van der Waals surface area contributed by atoms with Gasteiger partial charge in [0, 0.05) is 18.2 Å². The molecule has 0 spiro atoms. The number of ether oxygens (including phenoxy) is 1. The molecule has 1 aliphatic carbocycles. The zero-order valence-electron chi connectivity index (χ0n) is 11.7. The molecule has 1 aliphatic rings. The van der Waals surface area contributed by atoms with Crippen LogP contribution in [0.2, 0.25) is 0 Å². The molecule has 0 atom stereocenters. The van der Waals surface area contributed by atoms with Gasteiger partial charge < -0.3 is 15.6 Å². The minimum atomic E-state index is -0.638. The Morgan fingerprint density at radius 1 is 1.43 bits per heavy atom. The lowest BCUT2D eigenvalue weighted by molar-refractivity contribution is -0.137. The third-order valence-electron chi connectivity index (χ3n) is 2.96. The molecule has 1 aromatic rings. The molecule has 21 heavy (non-hydrogen) atoms. The Labute approximate surface area is 127 Å². The number of benzene rings is 1. The lowest BCUT2D eigenvalue weighted by Crippen LogP contribution is -2.29. The maximum absolute atomic E-state index is 12.1. The number of fused-ring (bicyclic) bond motifs is 1. The van der Waals surface area contributed by atoms with Crippen molar-refractivity contribution in [1.82, 2.24) is 5.01 Å². The molecule has 0 saturated carbocycles. The van der Waals surface area contributed by atoms with Crippen LogP contribution in [0.15, 0.2) is 34.9 Å². The summed E-state index contributed by atoms with van der Waals surface area (Å²) in [5, 5.41) is 15.8. The highest BCUT2D eigenvalue weighted by Gasteiger charge is 2.33. The summed E-state index contributed by atoms with van der Waals surface area (Å²) in [5.74, 6) is -0.791. The molecule has 0 fully saturated rings. The fourth-order valence-corrected chi connectivity index (χ4v) is 2.02. The normalized spacial score (nSPS) is 15.0. The second kappa shape index (κ2) is 5.92. The SMILES string of the molecule is CCOC(=O)C1=C(O)c2ccccc2/C1=N/N(C)C(N)=S. The van der Waals surface area contributed by atoms with Crippen molar-refractivity contribution in [2.75, 3.05) is 13.7 Å². The second-order valence-electron chi connectivity index (χ2n) is 4.30. The maximum Gasteiger partial charge on any atom is 0.344 e. The number of nitrogens with zero attached hydrogens (tertiary/aromatic N) is 2. The Balaban J connectivity index is 2.58. The standard InChI is InChI=1S/C14H15N3O3S/c1-3-20-13(19)10-11(16-17(2)14(15)21)8-6-4-5-7-9(8)12(10)18/h4-7,18H,3H2,1-2H3,(H2,15,21)/b16-11-. The number of hydrogen-bond acceptors (Lipinski definition) is 5. The van der Waals surface area contributed by atoms with Crippen LogP contribution >= 0.6 is 12.2 Å². The number of hydrogen-bond donors (Lipinski definition) is 2. The molecule has 0 unspecified atom stereocenters. The van der Waals surface area contributed by atoms with E-state index in [2.05, 4.69) is 5.10 Å². The minimum Gasteiger partial charge on any atom is -0.506 e. The van der Waals surface area contributed by atoms with Gasteiger partial charge in [0.1, 0.15) is 17.0 Å². The predicted octanol–water partition coefficient (Wildman–Crippen LogP) is 1.41. The van der Waals surface area contributed by atoms with E-state index in [1.54, 1.807) is 38.2 Å². The van der Waals surface area contributed by atoms with Crippen molar-refractivity contribution < 1.29 is 14.6 Å². The molecule has 0 aromatic heterocycles. The number of aliphatic hydroxyl groups is 1. The van der Waals surface area contributed by atoms with Crippen LogP contribution in [-0.4, -0.2) is 40.6 Å². The smallest absolute Gasteiger partial charge is 0.344 e. The summed E-state index contributed by atoms with van der Waals surface area (Å²) >= 11 is 4.84. The van der Waals surface area contributed by atoms with E-state index in [9.17, 15) is 9.90 Å². The van der Waals surface area contributed by atoms with Crippen molar-refractivity contribution in [1.29, 1.82) is 0 Å². The van der Waals surface area contributed by atoms with Crippen LogP contribution in [0.4, 0.5) is 0 Å². The van der Waals surface area contributed by atoms with Gasteiger partial charge in [0.05, 0.1) is 6.61 Å². The summed E-state index contributed by atoms with van der Waals surface area (Å²) in [6.07, 6.45) is 0. The quantitative estimate of drug-likeness (QED) is 0.499. The first-order valence-corrected chi connectivity index (χ1v) is 6.70. The van der Waals surface area contributed by atoms with Crippen molar-refractivity contribution in [2.24, 2.45) is 10.8 Å². The summed E-state index contributed by atoms with van der Waals surface area (Å²) in [4.78, 5) is 12.1. The molecule has 0 aliphatic heterocycles. The summed E-state index contributed by atoms with van der Waals surface area (Å²) in [7, 11) is 1.57. The Bertz CT molecular complexity index is 667. The highest BCUT2D eigenvalue weighted by molar-refractivity contribution is 7.80. The zero-order valence-corrected chi connectivity index (χ0v) is 12.5. The second-order valence-corrected chi connectivity index (χ2v) is 4.72. The molecule has 7 heteroatoms. The molecule has 3 N–H and O–H groups in total. The third kappa shape index (κ3) is 2.73. The first kappa shape index (κ1) is 15.0. The number of thiocarbonyl (C=S) groups is 1. The van der Waals surface area contributed by atoms with Gasteiger partial charge in [-0.15, -0.1) is 0 Å². The zero-order chi connectivity index (χ0) is 15.6. The fourth-order valence-electron chi connectivity index (χ4n) is 1.98. The van der Waals surface area contributed by atoms with Gasteiger partial charge >= 0.3 is 5.97 Å². The average molecular weight is 305 g/mol. The molecule has 0 heterocycles. The first-order chi connectivity index (χ1) is 9.97. The van der Waals surface area contributed by atoms with E-state index in [0.717, 1.165) is 0 Å². The van der Waals surface area contributed by atoms with Crippen molar-refractivity contribution in [3.63, 3.8) is 0 Å². The molecule has 110 valence electrons. The van der Waals surface area contributed by atoms with Crippen LogP contribution in [0.5, 0.6) is 0 Å². The number of carbonyl (C=O) groups excluding carboxylic acids is 1. The van der Waals surface area contributed by atoms with Crippen LogP contribution in [0.3, 0.4) is 0 Å². The fraction of sp³-hybridized carbons (Fsp3) is 0.214. The van der Waals surface area contributed by atoms with Crippen LogP contribution in [0, 0.1) is 0 Å². The van der Waals surface area contributed by atoms with Crippen LogP contribution < -0.4 is 5.73 Å².